The van der Waals surface area contributed by atoms with E-state index in [2.05, 4.69) is 27.7 Å². The Bertz CT molecular complexity index is 469. The zero-order valence-corrected chi connectivity index (χ0v) is 13.1. The van der Waals surface area contributed by atoms with Crippen LogP contribution in [-0.4, -0.2) is 32.5 Å². The molecule has 1 aromatic rings. The zero-order chi connectivity index (χ0) is 15.0. The van der Waals surface area contributed by atoms with Crippen molar-refractivity contribution in [1.82, 2.24) is 0 Å². The van der Waals surface area contributed by atoms with Crippen LogP contribution in [0.2, 0.25) is 0 Å². The summed E-state index contributed by atoms with van der Waals surface area (Å²) in [5, 5.41) is 0. The molecule has 1 aliphatic heterocycles. The summed E-state index contributed by atoms with van der Waals surface area (Å²) < 4.78 is 22.7. The van der Waals surface area contributed by atoms with E-state index >= 15 is 0 Å². The molecule has 1 heterocycles. The molecule has 0 N–H and O–H groups in total. The van der Waals surface area contributed by atoms with Crippen LogP contribution in [0.3, 0.4) is 0 Å². The van der Waals surface area contributed by atoms with Crippen LogP contribution in [0.25, 0.3) is 0 Å². The van der Waals surface area contributed by atoms with Gasteiger partial charge in [0.1, 0.15) is 11.5 Å². The van der Waals surface area contributed by atoms with Gasteiger partial charge in [0.05, 0.1) is 25.4 Å². The molecule has 2 rings (SSSR count). The Labute approximate surface area is 121 Å². The van der Waals surface area contributed by atoms with Gasteiger partial charge in [-0.25, -0.2) is 0 Å². The molecule has 0 bridgehead atoms. The minimum Gasteiger partial charge on any atom is -0.497 e. The van der Waals surface area contributed by atoms with E-state index in [9.17, 15) is 0 Å². The second-order valence-corrected chi connectivity index (χ2v) is 6.07. The molecule has 0 unspecified atom stereocenters. The molecule has 1 fully saturated rings. The van der Waals surface area contributed by atoms with Crippen molar-refractivity contribution < 1.29 is 18.8 Å². The fraction of sp³-hybridized carbons (Fsp3) is 0.600. The molecule has 0 atom stereocenters. The number of benzene rings is 1. The highest BCUT2D eigenvalue weighted by atomic mass is 16.7. The molecule has 110 valence electrons. The predicted octanol–water partition coefficient (Wildman–Crippen LogP) is 2.88. The van der Waals surface area contributed by atoms with E-state index < -0.39 is 0 Å². The largest absolute Gasteiger partial charge is 0.497 e. The summed E-state index contributed by atoms with van der Waals surface area (Å²) in [6.07, 6.45) is 0.632. The predicted molar refractivity (Wildman–Crippen MR) is 79.3 cm³/mol. The van der Waals surface area contributed by atoms with Crippen LogP contribution in [0.4, 0.5) is 0 Å². The van der Waals surface area contributed by atoms with Gasteiger partial charge < -0.3 is 18.8 Å². The molecule has 0 amide bonds. The van der Waals surface area contributed by atoms with E-state index in [1.165, 1.54) is 0 Å². The molecule has 1 aromatic carbocycles. The highest BCUT2D eigenvalue weighted by molar-refractivity contribution is 6.45. The zero-order valence-electron chi connectivity index (χ0n) is 13.1. The van der Waals surface area contributed by atoms with E-state index in [4.69, 9.17) is 18.8 Å². The quantitative estimate of drug-likeness (QED) is 0.793. The van der Waals surface area contributed by atoms with E-state index in [0.29, 0.717) is 6.32 Å². The van der Waals surface area contributed by atoms with Gasteiger partial charge in [0.25, 0.3) is 0 Å². The second-order valence-electron chi connectivity index (χ2n) is 6.07. The Morgan fingerprint density at radius 1 is 1.00 bits per heavy atom. The SMILES string of the molecule is COc1ccc(OC)c(CB2OC(C)(C)C(C)(C)O2)c1. The molecular weight excluding hydrogens is 255 g/mol. The Morgan fingerprint density at radius 3 is 2.10 bits per heavy atom. The maximum Gasteiger partial charge on any atom is 0.462 e. The van der Waals surface area contributed by atoms with Crippen molar-refractivity contribution in [3.8, 4) is 11.5 Å². The lowest BCUT2D eigenvalue weighted by Crippen LogP contribution is -2.41. The lowest BCUT2D eigenvalue weighted by atomic mass is 9.80. The van der Waals surface area contributed by atoms with Gasteiger partial charge in [0.2, 0.25) is 0 Å². The topological polar surface area (TPSA) is 36.9 Å². The van der Waals surface area contributed by atoms with Crippen LogP contribution in [0.1, 0.15) is 33.3 Å². The number of hydrogen-bond donors (Lipinski definition) is 0. The van der Waals surface area contributed by atoms with E-state index in [-0.39, 0.29) is 18.3 Å². The molecular formula is C15H23BO4. The van der Waals surface area contributed by atoms with Crippen molar-refractivity contribution in [2.75, 3.05) is 14.2 Å². The van der Waals surface area contributed by atoms with Crippen LogP contribution >= 0.6 is 0 Å². The maximum atomic E-state index is 6.02. The lowest BCUT2D eigenvalue weighted by Gasteiger charge is -2.32. The molecule has 0 saturated carbocycles. The van der Waals surface area contributed by atoms with Crippen LogP contribution in [0.5, 0.6) is 11.5 Å². The number of methoxy groups -OCH3 is 2. The molecule has 5 heteroatoms. The number of hydrogen-bond acceptors (Lipinski definition) is 4. The fourth-order valence-electron chi connectivity index (χ4n) is 2.27. The van der Waals surface area contributed by atoms with Gasteiger partial charge in [0, 0.05) is 6.32 Å². The second kappa shape index (κ2) is 5.30. The fourth-order valence-corrected chi connectivity index (χ4v) is 2.27. The van der Waals surface area contributed by atoms with Crippen LogP contribution in [-0.2, 0) is 15.6 Å². The number of ether oxygens (including phenoxy) is 2. The smallest absolute Gasteiger partial charge is 0.462 e. The minimum atomic E-state index is -0.316. The first-order chi connectivity index (χ1) is 9.29. The Morgan fingerprint density at radius 2 is 1.60 bits per heavy atom. The van der Waals surface area contributed by atoms with Crippen molar-refractivity contribution in [2.45, 2.75) is 45.2 Å². The highest BCUT2D eigenvalue weighted by Crippen LogP contribution is 2.38. The van der Waals surface area contributed by atoms with E-state index in [1.54, 1.807) is 14.2 Å². The lowest BCUT2D eigenvalue weighted by molar-refractivity contribution is 0.00578. The molecule has 0 radical (unpaired) electrons. The molecule has 0 aliphatic carbocycles. The maximum absolute atomic E-state index is 6.02. The Kier molecular flexibility index (Phi) is 4.03. The van der Waals surface area contributed by atoms with Gasteiger partial charge in [0.15, 0.2) is 0 Å². The standard InChI is InChI=1S/C15H23BO4/c1-14(2)15(3,4)20-16(19-14)10-11-9-12(17-5)7-8-13(11)18-6/h7-9H,10H2,1-6H3. The van der Waals surface area contributed by atoms with Gasteiger partial charge in [-0.2, -0.15) is 0 Å². The first kappa shape index (κ1) is 15.2. The van der Waals surface area contributed by atoms with Gasteiger partial charge in [-0.1, -0.05) is 0 Å². The third-order valence-electron chi connectivity index (χ3n) is 4.18. The molecule has 1 saturated heterocycles. The summed E-state index contributed by atoms with van der Waals surface area (Å²) in [6, 6.07) is 5.75. The first-order valence-corrected chi connectivity index (χ1v) is 6.85. The summed E-state index contributed by atoms with van der Waals surface area (Å²) in [5.74, 6) is 1.62. The molecule has 0 aromatic heterocycles. The molecule has 20 heavy (non-hydrogen) atoms. The van der Waals surface area contributed by atoms with Gasteiger partial charge >= 0.3 is 7.12 Å². The third-order valence-corrected chi connectivity index (χ3v) is 4.18. The summed E-state index contributed by atoms with van der Waals surface area (Å²) in [4.78, 5) is 0. The van der Waals surface area contributed by atoms with Crippen LogP contribution in [0, 0.1) is 0 Å². The van der Waals surface area contributed by atoms with Gasteiger partial charge in [-0.3, -0.25) is 0 Å². The summed E-state index contributed by atoms with van der Waals surface area (Å²) in [5.41, 5.74) is 0.387. The minimum absolute atomic E-state index is 0.277. The summed E-state index contributed by atoms with van der Waals surface area (Å²) in [6.45, 7) is 8.21. The highest BCUT2D eigenvalue weighted by Gasteiger charge is 2.50. The normalized spacial score (nSPS) is 20.0. The Hall–Kier alpha value is -1.20. The van der Waals surface area contributed by atoms with Gasteiger partial charge in [-0.05, 0) is 51.5 Å². The van der Waals surface area contributed by atoms with Crippen molar-refractivity contribution in [1.29, 1.82) is 0 Å². The van der Waals surface area contributed by atoms with Crippen molar-refractivity contribution in [2.24, 2.45) is 0 Å². The average molecular weight is 278 g/mol. The average Bonchev–Trinajstić information content (AvgIpc) is 2.57. The summed E-state index contributed by atoms with van der Waals surface area (Å²) in [7, 11) is 3.04. The van der Waals surface area contributed by atoms with E-state index in [1.807, 2.05) is 18.2 Å². The van der Waals surface area contributed by atoms with Crippen molar-refractivity contribution in [3.05, 3.63) is 23.8 Å². The molecule has 0 spiro atoms. The summed E-state index contributed by atoms with van der Waals surface area (Å²) >= 11 is 0. The molecule has 1 aliphatic rings. The monoisotopic (exact) mass is 278 g/mol. The van der Waals surface area contributed by atoms with Crippen LogP contribution < -0.4 is 9.47 Å². The van der Waals surface area contributed by atoms with Gasteiger partial charge in [-0.15, -0.1) is 0 Å². The third kappa shape index (κ3) is 2.79. The number of rotatable bonds is 4. The van der Waals surface area contributed by atoms with Crippen molar-refractivity contribution >= 4 is 7.12 Å². The first-order valence-electron chi connectivity index (χ1n) is 6.85. The molecule has 4 nitrogen and oxygen atoms in total. The van der Waals surface area contributed by atoms with Crippen molar-refractivity contribution in [3.63, 3.8) is 0 Å². The van der Waals surface area contributed by atoms with E-state index in [0.717, 1.165) is 17.1 Å². The Balaban J connectivity index is 2.19. The van der Waals surface area contributed by atoms with Crippen LogP contribution in [0.15, 0.2) is 18.2 Å².